The molecule has 0 aromatic heterocycles. The number of rotatable bonds is 8. The van der Waals surface area contributed by atoms with Gasteiger partial charge in [-0.3, -0.25) is 4.90 Å². The van der Waals surface area contributed by atoms with Crippen molar-refractivity contribution in [2.75, 3.05) is 32.8 Å². The molecule has 6 heteroatoms. The third kappa shape index (κ3) is 6.61. The number of halogens is 2. The van der Waals surface area contributed by atoms with E-state index in [1.807, 2.05) is 6.92 Å². The van der Waals surface area contributed by atoms with Crippen molar-refractivity contribution in [2.45, 2.75) is 44.8 Å². The highest BCUT2D eigenvalue weighted by atomic mass is 19.3. The summed E-state index contributed by atoms with van der Waals surface area (Å²) >= 11 is 0. The first-order chi connectivity index (χ1) is 9.05. The Morgan fingerprint density at radius 2 is 2.11 bits per heavy atom. The highest BCUT2D eigenvalue weighted by molar-refractivity contribution is 4.84. The zero-order valence-corrected chi connectivity index (χ0v) is 11.6. The molecule has 0 aromatic carbocycles. The van der Waals surface area contributed by atoms with Crippen LogP contribution in [-0.4, -0.2) is 66.5 Å². The van der Waals surface area contributed by atoms with Crippen LogP contribution in [-0.2, 0) is 0 Å². The van der Waals surface area contributed by atoms with E-state index in [0.717, 1.165) is 13.0 Å². The van der Waals surface area contributed by atoms with Gasteiger partial charge in [-0.25, -0.2) is 8.78 Å². The molecule has 1 aliphatic rings. The van der Waals surface area contributed by atoms with Gasteiger partial charge in [0, 0.05) is 25.7 Å². The quantitative estimate of drug-likeness (QED) is 0.612. The molecule has 0 saturated carbocycles. The molecular formula is C13H26F2N2O2. The molecule has 3 unspecified atom stereocenters. The summed E-state index contributed by atoms with van der Waals surface area (Å²) in [5, 5.41) is 21.6. The van der Waals surface area contributed by atoms with Crippen LogP contribution < -0.4 is 5.32 Å². The number of likely N-dealkylation sites (tertiary alicyclic amines) is 1. The second kappa shape index (κ2) is 8.79. The molecule has 1 fully saturated rings. The molecule has 0 radical (unpaired) electrons. The molecule has 0 amide bonds. The van der Waals surface area contributed by atoms with Gasteiger partial charge in [0.05, 0.1) is 19.3 Å². The van der Waals surface area contributed by atoms with Gasteiger partial charge >= 0.3 is 0 Å². The number of piperidine rings is 1. The Labute approximate surface area is 113 Å². The van der Waals surface area contributed by atoms with Crippen molar-refractivity contribution in [3.63, 3.8) is 0 Å². The molecule has 1 saturated heterocycles. The normalized spacial score (nSPS) is 26.8. The average molecular weight is 280 g/mol. The van der Waals surface area contributed by atoms with E-state index in [-0.39, 0.29) is 25.3 Å². The molecular weight excluding hydrogens is 254 g/mol. The van der Waals surface area contributed by atoms with Crippen molar-refractivity contribution in [1.82, 2.24) is 10.2 Å². The summed E-state index contributed by atoms with van der Waals surface area (Å²) < 4.78 is 24.5. The number of nitrogens with zero attached hydrogens (tertiary/aromatic N) is 1. The zero-order chi connectivity index (χ0) is 14.3. The van der Waals surface area contributed by atoms with E-state index in [0.29, 0.717) is 31.8 Å². The Hall–Kier alpha value is -0.300. The minimum absolute atomic E-state index is 0.0170. The van der Waals surface area contributed by atoms with Crippen LogP contribution in [0.4, 0.5) is 8.78 Å². The fraction of sp³-hybridized carbons (Fsp3) is 1.00. The summed E-state index contributed by atoms with van der Waals surface area (Å²) in [5.41, 5.74) is 0. The van der Waals surface area contributed by atoms with Gasteiger partial charge in [-0.05, 0) is 25.2 Å². The molecule has 1 heterocycles. The molecule has 114 valence electrons. The first kappa shape index (κ1) is 16.8. The maximum Gasteiger partial charge on any atom is 0.250 e. The third-order valence-electron chi connectivity index (χ3n) is 3.67. The molecule has 0 bridgehead atoms. The maximum atomic E-state index is 12.2. The van der Waals surface area contributed by atoms with Crippen molar-refractivity contribution in [3.05, 3.63) is 0 Å². The van der Waals surface area contributed by atoms with Crippen molar-refractivity contribution in [1.29, 1.82) is 0 Å². The van der Waals surface area contributed by atoms with E-state index in [1.165, 1.54) is 0 Å². The Morgan fingerprint density at radius 1 is 1.37 bits per heavy atom. The van der Waals surface area contributed by atoms with Gasteiger partial charge in [0.2, 0.25) is 0 Å². The first-order valence-electron chi connectivity index (χ1n) is 7.07. The largest absolute Gasteiger partial charge is 0.395 e. The minimum Gasteiger partial charge on any atom is -0.395 e. The monoisotopic (exact) mass is 280 g/mol. The van der Waals surface area contributed by atoms with Gasteiger partial charge in [0.1, 0.15) is 0 Å². The van der Waals surface area contributed by atoms with Crippen molar-refractivity contribution in [2.24, 2.45) is 5.92 Å². The van der Waals surface area contributed by atoms with Gasteiger partial charge in [-0.1, -0.05) is 6.92 Å². The second-order valence-electron chi connectivity index (χ2n) is 5.38. The predicted molar refractivity (Wildman–Crippen MR) is 70.3 cm³/mol. The van der Waals surface area contributed by atoms with Crippen LogP contribution in [0.3, 0.4) is 0 Å². The summed E-state index contributed by atoms with van der Waals surface area (Å²) in [5.74, 6) is 0.297. The SMILES string of the molecule is CCC(O)CC1CC(NCC(F)F)CN(CCO)C1. The van der Waals surface area contributed by atoms with Gasteiger partial charge in [-0.2, -0.15) is 0 Å². The molecule has 3 N–H and O–H groups in total. The van der Waals surface area contributed by atoms with E-state index < -0.39 is 6.43 Å². The molecule has 0 aliphatic carbocycles. The van der Waals surface area contributed by atoms with Gasteiger partial charge in [0.25, 0.3) is 6.43 Å². The van der Waals surface area contributed by atoms with E-state index in [9.17, 15) is 13.9 Å². The number of hydrogen-bond acceptors (Lipinski definition) is 4. The van der Waals surface area contributed by atoms with Crippen LogP contribution in [0.2, 0.25) is 0 Å². The van der Waals surface area contributed by atoms with Gasteiger partial charge in [0.15, 0.2) is 0 Å². The average Bonchev–Trinajstić information content (AvgIpc) is 2.36. The van der Waals surface area contributed by atoms with Crippen molar-refractivity contribution in [3.8, 4) is 0 Å². The number of alkyl halides is 2. The van der Waals surface area contributed by atoms with Crippen LogP contribution in [0.1, 0.15) is 26.2 Å². The molecule has 19 heavy (non-hydrogen) atoms. The first-order valence-corrected chi connectivity index (χ1v) is 7.07. The minimum atomic E-state index is -2.34. The molecule has 3 atom stereocenters. The van der Waals surface area contributed by atoms with Crippen LogP contribution >= 0.6 is 0 Å². The van der Waals surface area contributed by atoms with E-state index in [2.05, 4.69) is 10.2 Å². The van der Waals surface area contributed by atoms with E-state index in [1.54, 1.807) is 0 Å². The molecule has 4 nitrogen and oxygen atoms in total. The predicted octanol–water partition coefficient (Wildman–Crippen LogP) is 0.685. The smallest absolute Gasteiger partial charge is 0.250 e. The van der Waals surface area contributed by atoms with E-state index >= 15 is 0 Å². The topological polar surface area (TPSA) is 55.7 Å². The van der Waals surface area contributed by atoms with Crippen LogP contribution in [0.25, 0.3) is 0 Å². The summed E-state index contributed by atoms with van der Waals surface area (Å²) in [7, 11) is 0. The van der Waals surface area contributed by atoms with Crippen molar-refractivity contribution >= 4 is 0 Å². The summed E-state index contributed by atoms with van der Waals surface area (Å²) in [6, 6.07) is 0.0170. The molecule has 0 spiro atoms. The fourth-order valence-corrected chi connectivity index (χ4v) is 2.75. The molecule has 1 rings (SSSR count). The lowest BCUT2D eigenvalue weighted by Crippen LogP contribution is -2.51. The lowest BCUT2D eigenvalue weighted by atomic mass is 9.89. The molecule has 0 aromatic rings. The van der Waals surface area contributed by atoms with Gasteiger partial charge < -0.3 is 15.5 Å². The maximum absolute atomic E-state index is 12.2. The summed E-state index contributed by atoms with van der Waals surface area (Å²) in [6.07, 6.45) is -0.439. The Morgan fingerprint density at radius 3 is 2.68 bits per heavy atom. The summed E-state index contributed by atoms with van der Waals surface area (Å²) in [6.45, 7) is 3.79. The fourth-order valence-electron chi connectivity index (χ4n) is 2.75. The Bertz CT molecular complexity index is 245. The van der Waals surface area contributed by atoms with Crippen LogP contribution in [0, 0.1) is 5.92 Å². The molecule has 1 aliphatic heterocycles. The highest BCUT2D eigenvalue weighted by Crippen LogP contribution is 2.22. The lowest BCUT2D eigenvalue weighted by Gasteiger charge is -2.38. The van der Waals surface area contributed by atoms with Crippen molar-refractivity contribution < 1.29 is 19.0 Å². The third-order valence-corrected chi connectivity index (χ3v) is 3.67. The standard InChI is InChI=1S/C13H26F2N2O2/c1-2-12(19)6-10-5-11(16-7-13(14)15)9-17(8-10)3-4-18/h10-13,16,18-19H,2-9H2,1H3. The van der Waals surface area contributed by atoms with Crippen LogP contribution in [0.5, 0.6) is 0 Å². The number of nitrogens with one attached hydrogen (secondary N) is 1. The lowest BCUT2D eigenvalue weighted by molar-refractivity contribution is 0.0675. The second-order valence-corrected chi connectivity index (χ2v) is 5.38. The van der Waals surface area contributed by atoms with E-state index in [4.69, 9.17) is 5.11 Å². The highest BCUT2D eigenvalue weighted by Gasteiger charge is 2.28. The van der Waals surface area contributed by atoms with Crippen LogP contribution in [0.15, 0.2) is 0 Å². The Balaban J connectivity index is 2.47. The zero-order valence-electron chi connectivity index (χ0n) is 11.6. The van der Waals surface area contributed by atoms with Gasteiger partial charge in [-0.15, -0.1) is 0 Å². The Kier molecular flexibility index (Phi) is 7.75. The number of β-amino-alcohol motifs (C(OH)–C–C–N with tert-alkyl or cyclic N) is 1. The number of hydrogen-bond donors (Lipinski definition) is 3. The number of aliphatic hydroxyl groups excluding tert-OH is 2. The summed E-state index contributed by atoms with van der Waals surface area (Å²) in [4.78, 5) is 2.08. The number of aliphatic hydroxyl groups is 2.